The van der Waals surface area contributed by atoms with Crippen LogP contribution in [0.15, 0.2) is 72.3 Å². The molecule has 3 aromatic carbocycles. The molecule has 0 atom stereocenters. The lowest BCUT2D eigenvalue weighted by Gasteiger charge is -2.08. The molecule has 0 saturated carbocycles. The molecule has 24 heavy (non-hydrogen) atoms. The number of hydrogen-bond donors (Lipinski definition) is 1. The Balaban J connectivity index is 1.89. The van der Waals surface area contributed by atoms with E-state index in [0.717, 1.165) is 21.9 Å². The van der Waals surface area contributed by atoms with E-state index in [0.29, 0.717) is 5.69 Å². The van der Waals surface area contributed by atoms with Gasteiger partial charge in [-0.15, -0.1) is 0 Å². The van der Waals surface area contributed by atoms with Crippen LogP contribution < -0.4 is 5.32 Å². The molecule has 0 spiro atoms. The summed E-state index contributed by atoms with van der Waals surface area (Å²) in [4.78, 5) is 12.5. The largest absolute Gasteiger partial charge is 0.321 e. The number of nitrogens with one attached hydrogen (secondary N) is 1. The van der Waals surface area contributed by atoms with E-state index in [2.05, 4.69) is 5.32 Å². The van der Waals surface area contributed by atoms with Gasteiger partial charge in [-0.25, -0.2) is 0 Å². The zero-order valence-electron chi connectivity index (χ0n) is 13.3. The van der Waals surface area contributed by atoms with Crippen LogP contribution in [-0.2, 0) is 4.79 Å². The molecule has 3 aromatic rings. The molecule has 1 amide bonds. The predicted octanol–water partition coefficient (Wildman–Crippen LogP) is 4.69. The van der Waals surface area contributed by atoms with Crippen LogP contribution in [0.1, 0.15) is 11.1 Å². The van der Waals surface area contributed by atoms with Crippen molar-refractivity contribution >= 4 is 28.4 Å². The fourth-order valence-corrected chi connectivity index (χ4v) is 2.50. The van der Waals surface area contributed by atoms with Gasteiger partial charge in [0.1, 0.15) is 11.6 Å². The number of anilines is 1. The van der Waals surface area contributed by atoms with Crippen molar-refractivity contribution in [3.8, 4) is 6.07 Å². The molecule has 0 aromatic heterocycles. The summed E-state index contributed by atoms with van der Waals surface area (Å²) >= 11 is 0. The molecular formula is C21H16N2O. The molecule has 0 aliphatic rings. The van der Waals surface area contributed by atoms with Gasteiger partial charge < -0.3 is 5.32 Å². The summed E-state index contributed by atoms with van der Waals surface area (Å²) in [5.41, 5.74) is 2.73. The lowest BCUT2D eigenvalue weighted by molar-refractivity contribution is -0.112. The third-order valence-corrected chi connectivity index (χ3v) is 3.79. The van der Waals surface area contributed by atoms with Gasteiger partial charge in [-0.05, 0) is 30.0 Å². The van der Waals surface area contributed by atoms with Gasteiger partial charge in [0.25, 0.3) is 5.91 Å². The molecule has 0 saturated heterocycles. The molecule has 0 heterocycles. The zero-order chi connectivity index (χ0) is 16.9. The summed E-state index contributed by atoms with van der Waals surface area (Å²) in [6, 6.07) is 23.2. The van der Waals surface area contributed by atoms with E-state index in [4.69, 9.17) is 0 Å². The Labute approximate surface area is 140 Å². The van der Waals surface area contributed by atoms with E-state index in [9.17, 15) is 10.1 Å². The van der Waals surface area contributed by atoms with Crippen molar-refractivity contribution in [2.24, 2.45) is 0 Å². The van der Waals surface area contributed by atoms with Crippen LogP contribution in [0.2, 0.25) is 0 Å². The molecule has 116 valence electrons. The maximum absolute atomic E-state index is 12.5. The van der Waals surface area contributed by atoms with Gasteiger partial charge in [-0.1, -0.05) is 66.2 Å². The number of benzene rings is 3. The monoisotopic (exact) mass is 312 g/mol. The molecule has 0 unspecified atom stereocenters. The molecular weight excluding hydrogens is 296 g/mol. The van der Waals surface area contributed by atoms with Gasteiger partial charge in [0.15, 0.2) is 0 Å². The van der Waals surface area contributed by atoms with Crippen LogP contribution in [0, 0.1) is 18.3 Å². The van der Waals surface area contributed by atoms with Crippen LogP contribution >= 0.6 is 0 Å². The number of fused-ring (bicyclic) bond motifs is 1. The Bertz CT molecular complexity index is 958. The standard InChI is InChI=1S/C21H16N2O/c1-15-9-11-16(12-10-15)13-18(14-22)21(24)23-20-8-4-6-17-5-2-3-7-19(17)20/h2-13H,1H3,(H,23,24)/b18-13-. The number of rotatable bonds is 3. The van der Waals surface area contributed by atoms with Crippen LogP contribution in [0.3, 0.4) is 0 Å². The Morgan fingerprint density at radius 1 is 1.00 bits per heavy atom. The first kappa shape index (κ1) is 15.5. The predicted molar refractivity (Wildman–Crippen MR) is 97.3 cm³/mol. The van der Waals surface area contributed by atoms with Gasteiger partial charge in [-0.2, -0.15) is 5.26 Å². The van der Waals surface area contributed by atoms with Crippen molar-refractivity contribution < 1.29 is 4.79 Å². The third-order valence-electron chi connectivity index (χ3n) is 3.79. The average Bonchev–Trinajstić information content (AvgIpc) is 2.61. The minimum absolute atomic E-state index is 0.0757. The molecule has 0 radical (unpaired) electrons. The van der Waals surface area contributed by atoms with Crippen molar-refractivity contribution in [2.75, 3.05) is 5.32 Å². The summed E-state index contributed by atoms with van der Waals surface area (Å²) in [6.07, 6.45) is 1.60. The summed E-state index contributed by atoms with van der Waals surface area (Å²) in [5, 5.41) is 14.1. The first-order chi connectivity index (χ1) is 11.7. The SMILES string of the molecule is Cc1ccc(/C=C(/C#N)C(=O)Nc2cccc3ccccc23)cc1. The van der Waals surface area contributed by atoms with Crippen molar-refractivity contribution in [1.82, 2.24) is 0 Å². The smallest absolute Gasteiger partial charge is 0.266 e. The lowest BCUT2D eigenvalue weighted by atomic mass is 10.1. The highest BCUT2D eigenvalue weighted by Gasteiger charge is 2.11. The molecule has 0 aliphatic heterocycles. The maximum Gasteiger partial charge on any atom is 0.266 e. The number of nitrogens with zero attached hydrogens (tertiary/aromatic N) is 1. The summed E-state index contributed by atoms with van der Waals surface area (Å²) in [7, 11) is 0. The van der Waals surface area contributed by atoms with Crippen LogP contribution in [0.5, 0.6) is 0 Å². The number of amides is 1. The quantitative estimate of drug-likeness (QED) is 0.563. The first-order valence-electron chi connectivity index (χ1n) is 7.65. The molecule has 0 bridgehead atoms. The number of carbonyl (C=O) groups is 1. The third kappa shape index (κ3) is 3.34. The van der Waals surface area contributed by atoms with Gasteiger partial charge in [0.05, 0.1) is 0 Å². The molecule has 0 aliphatic carbocycles. The normalized spacial score (nSPS) is 11.1. The first-order valence-corrected chi connectivity index (χ1v) is 7.65. The summed E-state index contributed by atoms with van der Waals surface area (Å²) in [6.45, 7) is 1.99. The van der Waals surface area contributed by atoms with Gasteiger partial charge in [0, 0.05) is 11.1 Å². The molecule has 1 N–H and O–H groups in total. The van der Waals surface area contributed by atoms with E-state index in [-0.39, 0.29) is 5.57 Å². The minimum Gasteiger partial charge on any atom is -0.321 e. The van der Waals surface area contributed by atoms with Gasteiger partial charge in [0.2, 0.25) is 0 Å². The Hall–Kier alpha value is -3.38. The second-order valence-electron chi connectivity index (χ2n) is 5.56. The Morgan fingerprint density at radius 2 is 1.71 bits per heavy atom. The fraction of sp³-hybridized carbons (Fsp3) is 0.0476. The number of carbonyl (C=O) groups excluding carboxylic acids is 1. The second kappa shape index (κ2) is 6.80. The Kier molecular flexibility index (Phi) is 4.40. The highest BCUT2D eigenvalue weighted by atomic mass is 16.1. The van der Waals surface area contributed by atoms with Crippen LogP contribution in [-0.4, -0.2) is 5.91 Å². The van der Waals surface area contributed by atoms with E-state index < -0.39 is 5.91 Å². The number of hydrogen-bond acceptors (Lipinski definition) is 2. The maximum atomic E-state index is 12.5. The lowest BCUT2D eigenvalue weighted by Crippen LogP contribution is -2.13. The second-order valence-corrected chi connectivity index (χ2v) is 5.56. The van der Waals surface area contributed by atoms with Crippen molar-refractivity contribution in [3.63, 3.8) is 0 Å². The van der Waals surface area contributed by atoms with Gasteiger partial charge >= 0.3 is 0 Å². The summed E-state index contributed by atoms with van der Waals surface area (Å²) < 4.78 is 0. The fourth-order valence-electron chi connectivity index (χ4n) is 2.50. The number of nitriles is 1. The minimum atomic E-state index is -0.408. The van der Waals surface area contributed by atoms with E-state index in [1.807, 2.05) is 79.7 Å². The average molecular weight is 312 g/mol. The van der Waals surface area contributed by atoms with Crippen molar-refractivity contribution in [1.29, 1.82) is 5.26 Å². The van der Waals surface area contributed by atoms with Crippen LogP contribution in [0.4, 0.5) is 5.69 Å². The zero-order valence-corrected chi connectivity index (χ0v) is 13.3. The van der Waals surface area contributed by atoms with Crippen molar-refractivity contribution in [2.45, 2.75) is 6.92 Å². The topological polar surface area (TPSA) is 52.9 Å². The van der Waals surface area contributed by atoms with E-state index in [1.54, 1.807) is 6.08 Å². The molecule has 0 fully saturated rings. The van der Waals surface area contributed by atoms with E-state index in [1.165, 1.54) is 0 Å². The van der Waals surface area contributed by atoms with Crippen LogP contribution in [0.25, 0.3) is 16.8 Å². The summed E-state index contributed by atoms with van der Waals surface area (Å²) in [5.74, 6) is -0.408. The Morgan fingerprint density at radius 3 is 2.46 bits per heavy atom. The number of aryl methyl sites for hydroxylation is 1. The molecule has 3 nitrogen and oxygen atoms in total. The van der Waals surface area contributed by atoms with Gasteiger partial charge in [-0.3, -0.25) is 4.79 Å². The van der Waals surface area contributed by atoms with E-state index >= 15 is 0 Å². The molecule has 3 heteroatoms. The highest BCUT2D eigenvalue weighted by molar-refractivity contribution is 6.12. The molecule has 3 rings (SSSR count). The van der Waals surface area contributed by atoms with Crippen molar-refractivity contribution in [3.05, 3.63) is 83.4 Å². The highest BCUT2D eigenvalue weighted by Crippen LogP contribution is 2.23.